The van der Waals surface area contributed by atoms with Gasteiger partial charge in [0, 0.05) is 18.8 Å². The van der Waals surface area contributed by atoms with Crippen molar-refractivity contribution in [2.75, 3.05) is 6.54 Å². The number of benzene rings is 1. The van der Waals surface area contributed by atoms with Gasteiger partial charge in [-0.3, -0.25) is 4.68 Å². The minimum atomic E-state index is 0.441. The van der Waals surface area contributed by atoms with Crippen molar-refractivity contribution in [1.29, 1.82) is 0 Å². The summed E-state index contributed by atoms with van der Waals surface area (Å²) in [5.74, 6) is 0. The Morgan fingerprint density at radius 3 is 2.68 bits per heavy atom. The molecule has 1 aromatic carbocycles. The summed E-state index contributed by atoms with van der Waals surface area (Å²) < 4.78 is 1.87. The summed E-state index contributed by atoms with van der Waals surface area (Å²) in [5.41, 5.74) is 2.68. The summed E-state index contributed by atoms with van der Waals surface area (Å²) in [6, 6.07) is 9.22. The predicted octanol–water partition coefficient (Wildman–Crippen LogP) is 2.72. The molecule has 0 aliphatic rings. The smallest absolute Gasteiger partial charge is 0.0692 e. The fraction of sp³-hybridized carbons (Fsp3) is 0.467. The fourth-order valence-electron chi connectivity index (χ4n) is 2.17. The van der Waals surface area contributed by atoms with E-state index in [1.54, 1.807) is 6.20 Å². The summed E-state index contributed by atoms with van der Waals surface area (Å²) in [6.45, 7) is 6.24. The van der Waals surface area contributed by atoms with E-state index in [-0.39, 0.29) is 0 Å². The highest BCUT2D eigenvalue weighted by molar-refractivity contribution is 5.23. The van der Waals surface area contributed by atoms with Crippen LogP contribution in [0.25, 0.3) is 0 Å². The maximum atomic E-state index is 3.96. The van der Waals surface area contributed by atoms with E-state index < -0.39 is 0 Å². The van der Waals surface area contributed by atoms with Crippen molar-refractivity contribution in [2.24, 2.45) is 0 Å². The molecule has 1 aromatic heterocycles. The van der Waals surface area contributed by atoms with Crippen molar-refractivity contribution in [3.63, 3.8) is 0 Å². The minimum absolute atomic E-state index is 0.441. The Hall–Kier alpha value is -1.68. The van der Waals surface area contributed by atoms with Gasteiger partial charge in [0.05, 0.1) is 6.20 Å². The highest BCUT2D eigenvalue weighted by Crippen LogP contribution is 2.16. The lowest BCUT2D eigenvalue weighted by molar-refractivity contribution is 0.475. The van der Waals surface area contributed by atoms with Gasteiger partial charge in [-0.05, 0) is 31.9 Å². The van der Waals surface area contributed by atoms with Gasteiger partial charge < -0.3 is 5.32 Å². The van der Waals surface area contributed by atoms with Crippen molar-refractivity contribution in [3.8, 4) is 0 Å². The van der Waals surface area contributed by atoms with E-state index in [4.69, 9.17) is 0 Å². The molecule has 0 bridgehead atoms. The van der Waals surface area contributed by atoms with Gasteiger partial charge in [-0.15, -0.1) is 5.10 Å². The molecule has 0 fully saturated rings. The SMILES string of the molecule is CCC(NCCCn1ccnn1)c1ccc(C)cc1. The molecule has 1 heterocycles. The summed E-state index contributed by atoms with van der Waals surface area (Å²) >= 11 is 0. The van der Waals surface area contributed by atoms with Crippen LogP contribution in [0.15, 0.2) is 36.7 Å². The van der Waals surface area contributed by atoms with E-state index in [1.165, 1.54) is 11.1 Å². The monoisotopic (exact) mass is 258 g/mol. The van der Waals surface area contributed by atoms with Crippen LogP contribution in [0.4, 0.5) is 0 Å². The second-order valence-corrected chi connectivity index (χ2v) is 4.85. The van der Waals surface area contributed by atoms with Crippen LogP contribution in [-0.4, -0.2) is 21.5 Å². The maximum Gasteiger partial charge on any atom is 0.0692 e. The molecule has 1 N–H and O–H groups in total. The number of nitrogens with zero attached hydrogens (tertiary/aromatic N) is 3. The first-order valence-corrected chi connectivity index (χ1v) is 6.93. The van der Waals surface area contributed by atoms with Crippen molar-refractivity contribution in [2.45, 2.75) is 39.3 Å². The Labute approximate surface area is 114 Å². The molecule has 0 aliphatic heterocycles. The number of aromatic nitrogens is 3. The topological polar surface area (TPSA) is 42.7 Å². The molecule has 2 aromatic rings. The third-order valence-corrected chi connectivity index (χ3v) is 3.31. The van der Waals surface area contributed by atoms with Gasteiger partial charge >= 0.3 is 0 Å². The first-order valence-electron chi connectivity index (χ1n) is 6.93. The van der Waals surface area contributed by atoms with Crippen LogP contribution in [0.2, 0.25) is 0 Å². The second-order valence-electron chi connectivity index (χ2n) is 4.85. The maximum absolute atomic E-state index is 3.96. The average molecular weight is 258 g/mol. The molecule has 19 heavy (non-hydrogen) atoms. The van der Waals surface area contributed by atoms with Crippen LogP contribution in [0, 0.1) is 6.92 Å². The van der Waals surface area contributed by atoms with E-state index in [0.717, 1.165) is 25.9 Å². The lowest BCUT2D eigenvalue weighted by Crippen LogP contribution is -2.23. The summed E-state index contributed by atoms with van der Waals surface area (Å²) in [4.78, 5) is 0. The highest BCUT2D eigenvalue weighted by atomic mass is 15.4. The molecule has 4 nitrogen and oxygen atoms in total. The largest absolute Gasteiger partial charge is 0.310 e. The Balaban J connectivity index is 1.77. The molecule has 102 valence electrons. The van der Waals surface area contributed by atoms with Gasteiger partial charge in [0.25, 0.3) is 0 Å². The van der Waals surface area contributed by atoms with Gasteiger partial charge in [0.2, 0.25) is 0 Å². The van der Waals surface area contributed by atoms with Crippen LogP contribution >= 0.6 is 0 Å². The number of hydrogen-bond acceptors (Lipinski definition) is 3. The van der Waals surface area contributed by atoms with Crippen molar-refractivity contribution in [1.82, 2.24) is 20.3 Å². The molecule has 4 heteroatoms. The Morgan fingerprint density at radius 2 is 2.05 bits per heavy atom. The van der Waals surface area contributed by atoms with Gasteiger partial charge in [-0.1, -0.05) is 42.0 Å². The van der Waals surface area contributed by atoms with Crippen LogP contribution in [0.3, 0.4) is 0 Å². The highest BCUT2D eigenvalue weighted by Gasteiger charge is 2.07. The lowest BCUT2D eigenvalue weighted by Gasteiger charge is -2.17. The molecule has 0 saturated heterocycles. The van der Waals surface area contributed by atoms with Crippen LogP contribution in [0.5, 0.6) is 0 Å². The molecular weight excluding hydrogens is 236 g/mol. The predicted molar refractivity (Wildman–Crippen MR) is 76.9 cm³/mol. The number of nitrogens with one attached hydrogen (secondary N) is 1. The molecule has 1 unspecified atom stereocenters. The van der Waals surface area contributed by atoms with Crippen molar-refractivity contribution < 1.29 is 0 Å². The Morgan fingerprint density at radius 1 is 1.26 bits per heavy atom. The third kappa shape index (κ3) is 4.17. The summed E-state index contributed by atoms with van der Waals surface area (Å²) in [6.07, 6.45) is 5.78. The van der Waals surface area contributed by atoms with Crippen molar-refractivity contribution >= 4 is 0 Å². The molecule has 0 amide bonds. The molecule has 0 spiro atoms. The van der Waals surface area contributed by atoms with E-state index in [1.807, 2.05) is 10.9 Å². The van der Waals surface area contributed by atoms with E-state index >= 15 is 0 Å². The second kappa shape index (κ2) is 7.04. The van der Waals surface area contributed by atoms with Gasteiger partial charge in [-0.2, -0.15) is 0 Å². The molecule has 0 saturated carbocycles. The molecule has 2 rings (SSSR count). The molecule has 0 aliphatic carbocycles. The zero-order valence-electron chi connectivity index (χ0n) is 11.7. The molecular formula is C15H22N4. The van der Waals surface area contributed by atoms with E-state index in [9.17, 15) is 0 Å². The first kappa shape index (κ1) is 13.7. The number of rotatable bonds is 7. The van der Waals surface area contributed by atoms with E-state index in [0.29, 0.717) is 6.04 Å². The van der Waals surface area contributed by atoms with Crippen LogP contribution in [-0.2, 0) is 6.54 Å². The Kier molecular flexibility index (Phi) is 5.10. The minimum Gasteiger partial charge on any atom is -0.310 e. The van der Waals surface area contributed by atoms with E-state index in [2.05, 4.69) is 53.7 Å². The fourth-order valence-corrected chi connectivity index (χ4v) is 2.17. The summed E-state index contributed by atoms with van der Waals surface area (Å²) in [7, 11) is 0. The van der Waals surface area contributed by atoms with Gasteiger partial charge in [0.15, 0.2) is 0 Å². The van der Waals surface area contributed by atoms with Gasteiger partial charge in [0.1, 0.15) is 0 Å². The normalized spacial score (nSPS) is 12.5. The lowest BCUT2D eigenvalue weighted by atomic mass is 10.0. The average Bonchev–Trinajstić information content (AvgIpc) is 2.93. The molecule has 0 radical (unpaired) electrons. The van der Waals surface area contributed by atoms with Crippen LogP contribution in [0.1, 0.15) is 36.9 Å². The number of aryl methyl sites for hydroxylation is 2. The third-order valence-electron chi connectivity index (χ3n) is 3.31. The van der Waals surface area contributed by atoms with Gasteiger partial charge in [-0.25, -0.2) is 0 Å². The zero-order valence-corrected chi connectivity index (χ0v) is 11.7. The standard InChI is InChI=1S/C15H22N4/c1-3-15(14-7-5-13(2)6-8-14)16-9-4-11-19-12-10-17-18-19/h5-8,10,12,15-16H,3-4,9,11H2,1-2H3. The zero-order chi connectivity index (χ0) is 13.5. The quantitative estimate of drug-likeness (QED) is 0.776. The van der Waals surface area contributed by atoms with Crippen LogP contribution < -0.4 is 5.32 Å². The Bertz CT molecular complexity index is 461. The summed E-state index contributed by atoms with van der Waals surface area (Å²) in [5, 5.41) is 11.4. The number of hydrogen-bond donors (Lipinski definition) is 1. The first-order chi connectivity index (χ1) is 9.29. The molecule has 1 atom stereocenters. The van der Waals surface area contributed by atoms with Crippen molar-refractivity contribution in [3.05, 3.63) is 47.8 Å².